The van der Waals surface area contributed by atoms with Gasteiger partial charge in [-0.2, -0.15) is 5.26 Å². The predicted molar refractivity (Wildman–Crippen MR) is 230 cm³/mol. The zero-order chi connectivity index (χ0) is 36.8. The van der Waals surface area contributed by atoms with Crippen LogP contribution in [-0.2, 0) is 5.41 Å². The van der Waals surface area contributed by atoms with E-state index in [-0.39, 0.29) is 5.41 Å². The molecule has 0 unspecified atom stereocenters. The van der Waals surface area contributed by atoms with E-state index in [2.05, 4.69) is 184 Å². The molecular weight excluding hydrogens is 665 g/mol. The predicted octanol–water partition coefficient (Wildman–Crippen LogP) is 14.0. The summed E-state index contributed by atoms with van der Waals surface area (Å²) in [6.45, 7) is 4.54. The average Bonchev–Trinajstić information content (AvgIpc) is 3.47. The van der Waals surface area contributed by atoms with Crippen molar-refractivity contribution in [2.75, 3.05) is 0 Å². The summed E-state index contributed by atoms with van der Waals surface area (Å²) >= 11 is 0. The second-order valence-electron chi connectivity index (χ2n) is 15.4. The number of nitrogens with zero attached hydrogens (tertiary/aromatic N) is 2. The number of fused-ring (bicyclic) bond motifs is 13. The Morgan fingerprint density at radius 1 is 0.418 bits per heavy atom. The monoisotopic (exact) mass is 698 g/mol. The smallest absolute Gasteiger partial charge is 0.0991 e. The zero-order valence-corrected chi connectivity index (χ0v) is 30.6. The van der Waals surface area contributed by atoms with Crippen molar-refractivity contribution in [2.45, 2.75) is 19.3 Å². The van der Waals surface area contributed by atoms with Crippen molar-refractivity contribution in [3.05, 3.63) is 187 Å². The van der Waals surface area contributed by atoms with E-state index in [9.17, 15) is 5.26 Å². The van der Waals surface area contributed by atoms with E-state index in [1.165, 1.54) is 87.6 Å². The molecule has 0 spiro atoms. The maximum absolute atomic E-state index is 9.64. The van der Waals surface area contributed by atoms with Crippen LogP contribution in [-0.4, -0.2) is 4.98 Å². The Bertz CT molecular complexity index is 3290. The summed E-state index contributed by atoms with van der Waals surface area (Å²) in [7, 11) is 0. The molecule has 0 N–H and O–H groups in total. The van der Waals surface area contributed by atoms with Crippen molar-refractivity contribution in [1.82, 2.24) is 4.98 Å². The molecule has 1 aromatic heterocycles. The first kappa shape index (κ1) is 31.4. The SMILES string of the molecule is CC1(C)c2cc(C#N)ccc2-c2ccc(-c3cccc(-c4cc5c(-c6ccccc6)nc6c7ccccc7c7ccccc7c6c5c5ccccc45)c3)cc21. The summed E-state index contributed by atoms with van der Waals surface area (Å²) in [5.41, 5.74) is 13.3. The summed E-state index contributed by atoms with van der Waals surface area (Å²) in [6.07, 6.45) is 0. The summed E-state index contributed by atoms with van der Waals surface area (Å²) in [5, 5.41) is 20.5. The van der Waals surface area contributed by atoms with Crippen LogP contribution in [0.1, 0.15) is 30.5 Å². The van der Waals surface area contributed by atoms with Gasteiger partial charge in [-0.05, 0) is 102 Å². The molecule has 9 aromatic carbocycles. The fourth-order valence-corrected chi connectivity index (χ4v) is 9.40. The van der Waals surface area contributed by atoms with Crippen LogP contribution >= 0.6 is 0 Å². The van der Waals surface area contributed by atoms with Gasteiger partial charge in [0.2, 0.25) is 0 Å². The van der Waals surface area contributed by atoms with Gasteiger partial charge in [0.25, 0.3) is 0 Å². The Kier molecular flexibility index (Phi) is 6.70. The first-order valence-electron chi connectivity index (χ1n) is 18.9. The molecule has 0 amide bonds. The van der Waals surface area contributed by atoms with Crippen molar-refractivity contribution in [3.8, 4) is 50.7 Å². The third-order valence-corrected chi connectivity index (χ3v) is 12.0. The Morgan fingerprint density at radius 3 is 1.73 bits per heavy atom. The normalized spacial score (nSPS) is 13.0. The van der Waals surface area contributed by atoms with Gasteiger partial charge in [-0.1, -0.05) is 153 Å². The van der Waals surface area contributed by atoms with Crippen molar-refractivity contribution in [2.24, 2.45) is 0 Å². The topological polar surface area (TPSA) is 36.7 Å². The number of rotatable bonds is 3. The fourth-order valence-electron chi connectivity index (χ4n) is 9.40. The molecule has 0 saturated heterocycles. The van der Waals surface area contributed by atoms with Gasteiger partial charge in [0.05, 0.1) is 22.8 Å². The van der Waals surface area contributed by atoms with E-state index in [4.69, 9.17) is 4.98 Å². The molecule has 0 aliphatic heterocycles. The summed E-state index contributed by atoms with van der Waals surface area (Å²) < 4.78 is 0. The van der Waals surface area contributed by atoms with E-state index in [1.807, 2.05) is 6.07 Å². The number of pyridine rings is 1. The van der Waals surface area contributed by atoms with Crippen molar-refractivity contribution in [3.63, 3.8) is 0 Å². The molecule has 0 fully saturated rings. The molecule has 256 valence electrons. The second kappa shape index (κ2) is 11.7. The zero-order valence-electron chi connectivity index (χ0n) is 30.6. The molecule has 0 bridgehead atoms. The highest BCUT2D eigenvalue weighted by molar-refractivity contribution is 6.36. The van der Waals surface area contributed by atoms with Crippen LogP contribution in [0.15, 0.2) is 170 Å². The second-order valence-corrected chi connectivity index (χ2v) is 15.4. The molecule has 11 rings (SSSR count). The van der Waals surface area contributed by atoms with Crippen LogP contribution in [0.3, 0.4) is 0 Å². The van der Waals surface area contributed by atoms with Gasteiger partial charge in [-0.15, -0.1) is 0 Å². The summed E-state index contributed by atoms with van der Waals surface area (Å²) in [6, 6.07) is 63.8. The summed E-state index contributed by atoms with van der Waals surface area (Å²) in [5.74, 6) is 0. The van der Waals surface area contributed by atoms with Crippen molar-refractivity contribution in [1.29, 1.82) is 5.26 Å². The van der Waals surface area contributed by atoms with Crippen molar-refractivity contribution < 1.29 is 0 Å². The molecule has 0 saturated carbocycles. The molecule has 55 heavy (non-hydrogen) atoms. The number of benzene rings is 9. The molecule has 0 radical (unpaired) electrons. The fraction of sp³-hybridized carbons (Fsp3) is 0.0566. The summed E-state index contributed by atoms with van der Waals surface area (Å²) in [4.78, 5) is 5.62. The largest absolute Gasteiger partial charge is 0.246 e. The van der Waals surface area contributed by atoms with E-state index >= 15 is 0 Å². The Labute approximate surface area is 319 Å². The lowest BCUT2D eigenvalue weighted by Crippen LogP contribution is -2.15. The quantitative estimate of drug-likeness (QED) is 0.172. The van der Waals surface area contributed by atoms with Gasteiger partial charge in [0.15, 0.2) is 0 Å². The molecule has 0 atom stereocenters. The maximum atomic E-state index is 9.64. The molecule has 1 aliphatic carbocycles. The van der Waals surface area contributed by atoms with E-state index in [0.29, 0.717) is 5.56 Å². The molecular formula is C53H34N2. The van der Waals surface area contributed by atoms with Gasteiger partial charge in [-0.3, -0.25) is 0 Å². The van der Waals surface area contributed by atoms with Gasteiger partial charge in [0.1, 0.15) is 0 Å². The van der Waals surface area contributed by atoms with Crippen LogP contribution in [0, 0.1) is 11.3 Å². The molecule has 2 heteroatoms. The van der Waals surface area contributed by atoms with Crippen LogP contribution in [0.5, 0.6) is 0 Å². The van der Waals surface area contributed by atoms with E-state index in [1.54, 1.807) is 0 Å². The minimum Gasteiger partial charge on any atom is -0.246 e. The Hall–Kier alpha value is -7.08. The average molecular weight is 699 g/mol. The van der Waals surface area contributed by atoms with Crippen LogP contribution in [0.4, 0.5) is 0 Å². The molecule has 1 aliphatic rings. The van der Waals surface area contributed by atoms with Gasteiger partial charge >= 0.3 is 0 Å². The molecule has 10 aromatic rings. The van der Waals surface area contributed by atoms with Crippen LogP contribution in [0.2, 0.25) is 0 Å². The number of hydrogen-bond acceptors (Lipinski definition) is 2. The van der Waals surface area contributed by atoms with Crippen LogP contribution < -0.4 is 0 Å². The van der Waals surface area contributed by atoms with Crippen LogP contribution in [0.25, 0.3) is 98.6 Å². The highest BCUT2D eigenvalue weighted by Crippen LogP contribution is 2.51. The lowest BCUT2D eigenvalue weighted by atomic mass is 9.81. The third-order valence-electron chi connectivity index (χ3n) is 12.0. The highest BCUT2D eigenvalue weighted by Gasteiger charge is 2.36. The van der Waals surface area contributed by atoms with Gasteiger partial charge < -0.3 is 0 Å². The lowest BCUT2D eigenvalue weighted by molar-refractivity contribution is 0.660. The minimum absolute atomic E-state index is 0.210. The first-order valence-corrected chi connectivity index (χ1v) is 18.9. The minimum atomic E-state index is -0.210. The maximum Gasteiger partial charge on any atom is 0.0991 e. The highest BCUT2D eigenvalue weighted by atomic mass is 14.7. The van der Waals surface area contributed by atoms with E-state index < -0.39 is 0 Å². The number of aromatic nitrogens is 1. The van der Waals surface area contributed by atoms with E-state index in [0.717, 1.165) is 22.2 Å². The third kappa shape index (κ3) is 4.57. The lowest BCUT2D eigenvalue weighted by Gasteiger charge is -2.22. The Balaban J connectivity index is 1.18. The van der Waals surface area contributed by atoms with Crippen molar-refractivity contribution >= 4 is 54.0 Å². The number of nitriles is 1. The van der Waals surface area contributed by atoms with Gasteiger partial charge in [0, 0.05) is 32.5 Å². The standard InChI is InChI=1S/C53H34N2/c1-53(2)47-27-32(31-54)23-25-40(47)41-26-24-35(29-48(41)53)34-15-12-16-36(28-34)45-30-46-49(42-20-9-7-19-39(42)45)50-43-21-10-6-17-37(43)38-18-8-11-22-44(38)52(50)55-51(46)33-13-4-3-5-14-33/h3-30H,1-2H3. The Morgan fingerprint density at radius 2 is 0.982 bits per heavy atom. The molecule has 2 nitrogen and oxygen atoms in total. The van der Waals surface area contributed by atoms with Gasteiger partial charge in [-0.25, -0.2) is 4.98 Å². The first-order chi connectivity index (χ1) is 27.0. The number of hydrogen-bond donors (Lipinski definition) is 0. The molecule has 1 heterocycles.